The van der Waals surface area contributed by atoms with E-state index in [4.69, 9.17) is 0 Å². The van der Waals surface area contributed by atoms with E-state index in [1.165, 1.54) is 36.0 Å². The third-order valence-electron chi connectivity index (χ3n) is 11.3. The van der Waals surface area contributed by atoms with Gasteiger partial charge < -0.3 is 14.4 Å². The van der Waals surface area contributed by atoms with Crippen LogP contribution < -0.4 is 5.56 Å². The van der Waals surface area contributed by atoms with Gasteiger partial charge in [-0.15, -0.1) is 0 Å². The second kappa shape index (κ2) is 15.7. The molecule has 1 heterocycles. The molecule has 0 spiro atoms. The molecule has 0 radical (unpaired) electrons. The summed E-state index contributed by atoms with van der Waals surface area (Å²) in [5.41, 5.74) is 3.66. The first-order chi connectivity index (χ1) is 24.8. The van der Waals surface area contributed by atoms with Gasteiger partial charge in [-0.2, -0.15) is 18.2 Å². The zero-order chi connectivity index (χ0) is 38.9. The minimum atomic E-state index is -4.42. The molecule has 53 heavy (non-hydrogen) atoms. The topological polar surface area (TPSA) is 58.4 Å². The SMILES string of the molecule is BC(B)(c1ccc(-c2ccc(C(F)(F)F)cc2)cc1)N(C(=O)Cn1c(SCc2ccc(F)cc2)nc(=O)c2c1CCC2)C(B)(B)C(B)(B)N(CC)CC. The number of hydrogen-bond acceptors (Lipinski definition) is 5. The van der Waals surface area contributed by atoms with Crippen molar-refractivity contribution in [3.05, 3.63) is 117 Å². The van der Waals surface area contributed by atoms with Crippen LogP contribution in [0.2, 0.25) is 0 Å². The fourth-order valence-corrected chi connectivity index (χ4v) is 8.81. The Labute approximate surface area is 319 Å². The molecule has 6 nitrogen and oxygen atoms in total. The molecule has 0 saturated carbocycles. The molecule has 0 atom stereocenters. The van der Waals surface area contributed by atoms with Crippen LogP contribution in [0.3, 0.4) is 0 Å². The molecule has 1 amide bonds. The zero-order valence-electron chi connectivity index (χ0n) is 31.9. The molecular weight excluding hydrogens is 693 g/mol. The van der Waals surface area contributed by atoms with Crippen molar-refractivity contribution in [2.24, 2.45) is 0 Å². The molecule has 0 unspecified atom stereocenters. The van der Waals surface area contributed by atoms with Gasteiger partial charge >= 0.3 is 6.18 Å². The Kier molecular flexibility index (Phi) is 12.0. The van der Waals surface area contributed by atoms with Crippen LogP contribution in [0.15, 0.2) is 82.7 Å². The number of halogens is 4. The number of likely N-dealkylation sites (N-methyl/N-ethyl adjacent to an activating group) is 1. The van der Waals surface area contributed by atoms with Crippen LogP contribution in [0.1, 0.15) is 48.2 Å². The van der Waals surface area contributed by atoms with Crippen LogP contribution in [0.5, 0.6) is 0 Å². The molecule has 272 valence electrons. The van der Waals surface area contributed by atoms with Crippen LogP contribution >= 0.6 is 11.8 Å². The lowest BCUT2D eigenvalue weighted by atomic mass is 9.35. The minimum Gasteiger partial charge on any atom is -0.357 e. The smallest absolute Gasteiger partial charge is 0.357 e. The van der Waals surface area contributed by atoms with Gasteiger partial charge in [-0.05, 0) is 89.5 Å². The number of benzene rings is 3. The van der Waals surface area contributed by atoms with E-state index < -0.39 is 27.8 Å². The summed E-state index contributed by atoms with van der Waals surface area (Å²) < 4.78 is 55.2. The van der Waals surface area contributed by atoms with E-state index in [2.05, 4.69) is 55.1 Å². The maximum atomic E-state index is 15.2. The van der Waals surface area contributed by atoms with Crippen molar-refractivity contribution in [1.29, 1.82) is 0 Å². The van der Waals surface area contributed by atoms with Crippen molar-refractivity contribution < 1.29 is 22.4 Å². The van der Waals surface area contributed by atoms with Gasteiger partial charge in [0.1, 0.15) is 59.4 Å². The van der Waals surface area contributed by atoms with Crippen LogP contribution in [-0.2, 0) is 41.4 Å². The fraction of sp³-hybridized carbons (Fsp3) is 0.361. The first-order valence-corrected chi connectivity index (χ1v) is 19.2. The summed E-state index contributed by atoms with van der Waals surface area (Å²) in [6, 6.07) is 19.0. The number of amides is 1. The molecule has 1 aromatic heterocycles. The lowest BCUT2D eigenvalue weighted by Gasteiger charge is -2.60. The second-order valence-corrected chi connectivity index (χ2v) is 16.2. The van der Waals surface area contributed by atoms with E-state index in [-0.39, 0.29) is 23.8 Å². The average molecular weight is 738 g/mol. The average Bonchev–Trinajstić information content (AvgIpc) is 3.60. The highest BCUT2D eigenvalue weighted by Gasteiger charge is 2.50. The van der Waals surface area contributed by atoms with E-state index in [0.29, 0.717) is 34.9 Å². The molecule has 0 aliphatic heterocycles. The van der Waals surface area contributed by atoms with Crippen molar-refractivity contribution >= 4 is 64.7 Å². The molecule has 3 aromatic carbocycles. The number of fused-ring (bicyclic) bond motifs is 1. The summed E-state index contributed by atoms with van der Waals surface area (Å²) in [7, 11) is 12.6. The minimum absolute atomic E-state index is 0.0355. The summed E-state index contributed by atoms with van der Waals surface area (Å²) in [5, 5.41) is -1.65. The normalized spacial score (nSPS) is 13.6. The standard InChI is InChI=1S/C36H44B6F4N4O2S/c1-3-48(4-2)35(39,40)36(41,42)50(33(37,38)25-14-10-23(11-15-25)24-12-16-26(17-13-24)34(44,45)46)30(51)20-49-29-7-5-6-28(29)31(52)47-32(49)53-21-22-8-18-27(43)19-9-22/h8-19H,3-7,20-21,37-42H2,1-2H3. The van der Waals surface area contributed by atoms with Crippen molar-refractivity contribution in [2.75, 3.05) is 13.1 Å². The molecule has 1 aliphatic carbocycles. The Morgan fingerprint density at radius 2 is 1.36 bits per heavy atom. The Hall–Kier alpha value is -3.57. The van der Waals surface area contributed by atoms with Crippen molar-refractivity contribution in [3.63, 3.8) is 0 Å². The van der Waals surface area contributed by atoms with Crippen molar-refractivity contribution in [1.82, 2.24) is 19.4 Å². The molecule has 1 aliphatic rings. The van der Waals surface area contributed by atoms with Gasteiger partial charge in [-0.1, -0.05) is 74.1 Å². The predicted octanol–water partition coefficient (Wildman–Crippen LogP) is 0.936. The Morgan fingerprint density at radius 3 is 1.89 bits per heavy atom. The van der Waals surface area contributed by atoms with E-state index >= 15 is 4.79 Å². The monoisotopic (exact) mass is 738 g/mol. The quantitative estimate of drug-likeness (QED) is 0.0886. The third kappa shape index (κ3) is 8.26. The van der Waals surface area contributed by atoms with Crippen LogP contribution in [-0.4, -0.2) is 96.1 Å². The Bertz CT molecular complexity index is 1990. The number of alkyl halides is 3. The summed E-state index contributed by atoms with van der Waals surface area (Å²) in [4.78, 5) is 37.2. The van der Waals surface area contributed by atoms with Gasteiger partial charge in [-0.3, -0.25) is 9.59 Å². The van der Waals surface area contributed by atoms with Crippen molar-refractivity contribution in [3.8, 4) is 11.1 Å². The largest absolute Gasteiger partial charge is 0.416 e. The predicted molar refractivity (Wildman–Crippen MR) is 222 cm³/mol. The van der Waals surface area contributed by atoms with E-state index in [1.807, 2.05) is 49.4 Å². The lowest BCUT2D eigenvalue weighted by Crippen LogP contribution is -2.77. The zero-order valence-corrected chi connectivity index (χ0v) is 32.7. The highest BCUT2D eigenvalue weighted by molar-refractivity contribution is 7.98. The van der Waals surface area contributed by atoms with Crippen LogP contribution in [0.4, 0.5) is 17.6 Å². The first kappa shape index (κ1) is 40.6. The van der Waals surface area contributed by atoms with Gasteiger partial charge in [0, 0.05) is 22.3 Å². The Morgan fingerprint density at radius 1 is 0.811 bits per heavy atom. The number of aromatic nitrogens is 2. The molecule has 0 saturated heterocycles. The maximum Gasteiger partial charge on any atom is 0.416 e. The molecule has 17 heteroatoms. The number of hydrogen-bond donors (Lipinski definition) is 0. The second-order valence-electron chi connectivity index (χ2n) is 15.2. The summed E-state index contributed by atoms with van der Waals surface area (Å²) in [6.45, 7) is 5.74. The lowest BCUT2D eigenvalue weighted by molar-refractivity contribution is -0.138. The van der Waals surface area contributed by atoms with Crippen molar-refractivity contribution in [2.45, 2.75) is 72.8 Å². The first-order valence-electron chi connectivity index (χ1n) is 18.2. The maximum absolute atomic E-state index is 15.2. The van der Waals surface area contributed by atoms with Gasteiger partial charge in [0.15, 0.2) is 5.16 Å². The van der Waals surface area contributed by atoms with E-state index in [1.54, 1.807) is 12.1 Å². The number of nitrogens with zero attached hydrogens (tertiary/aromatic N) is 4. The molecule has 5 rings (SSSR count). The van der Waals surface area contributed by atoms with Crippen LogP contribution in [0.25, 0.3) is 11.1 Å². The van der Waals surface area contributed by atoms with E-state index in [0.717, 1.165) is 54.0 Å². The van der Waals surface area contributed by atoms with Gasteiger partial charge in [0.25, 0.3) is 5.56 Å². The molecule has 4 aromatic rings. The molecule has 0 fully saturated rings. The number of carbonyl (C=O) groups excluding carboxylic acids is 1. The summed E-state index contributed by atoms with van der Waals surface area (Å²) in [6.07, 6.45) is -2.35. The highest BCUT2D eigenvalue weighted by atomic mass is 32.2. The molecule has 0 bridgehead atoms. The number of carbonyl (C=O) groups is 1. The molecule has 0 N–H and O–H groups in total. The summed E-state index contributed by atoms with van der Waals surface area (Å²) >= 11 is 1.36. The molecular formula is C36H44B6F4N4O2S. The van der Waals surface area contributed by atoms with Gasteiger partial charge in [0.2, 0.25) is 5.91 Å². The van der Waals surface area contributed by atoms with Gasteiger partial charge in [0.05, 0.1) is 5.56 Å². The number of rotatable bonds is 13. The highest BCUT2D eigenvalue weighted by Crippen LogP contribution is 2.37. The van der Waals surface area contributed by atoms with E-state index in [9.17, 15) is 22.4 Å². The third-order valence-corrected chi connectivity index (χ3v) is 12.4. The summed E-state index contributed by atoms with van der Waals surface area (Å²) in [5.74, 6) is -0.0277. The van der Waals surface area contributed by atoms with Crippen LogP contribution in [0, 0.1) is 5.82 Å². The Balaban J connectivity index is 1.57. The van der Waals surface area contributed by atoms with Gasteiger partial charge in [-0.25, -0.2) is 4.39 Å². The number of thioether (sulfide) groups is 1. The fourth-order valence-electron chi connectivity index (χ4n) is 7.84.